The van der Waals surface area contributed by atoms with Gasteiger partial charge in [0.1, 0.15) is 29.9 Å². The number of nitrogens with zero attached hydrogens (tertiary/aromatic N) is 5. The van der Waals surface area contributed by atoms with E-state index in [1.807, 2.05) is 13.0 Å². The van der Waals surface area contributed by atoms with Crippen molar-refractivity contribution in [1.82, 2.24) is 30.8 Å². The summed E-state index contributed by atoms with van der Waals surface area (Å²) >= 11 is 0. The summed E-state index contributed by atoms with van der Waals surface area (Å²) in [7, 11) is 0. The van der Waals surface area contributed by atoms with Crippen LogP contribution in [0, 0.1) is 18.3 Å². The van der Waals surface area contributed by atoms with Gasteiger partial charge in [-0.05, 0) is 26.3 Å². The Kier molecular flexibility index (Phi) is 6.24. The van der Waals surface area contributed by atoms with Gasteiger partial charge in [-0.1, -0.05) is 0 Å². The lowest BCUT2D eigenvalue weighted by Gasteiger charge is -2.23. The monoisotopic (exact) mass is 354 g/mol. The van der Waals surface area contributed by atoms with Crippen LogP contribution in [0.4, 0.5) is 11.6 Å². The molecule has 3 N–H and O–H groups in total. The zero-order chi connectivity index (χ0) is 18.2. The molecule has 1 aliphatic rings. The Hall–Kier alpha value is -2.83. The molecule has 1 saturated heterocycles. The maximum Gasteiger partial charge on any atom is 0.158 e. The van der Waals surface area contributed by atoms with Gasteiger partial charge in [-0.3, -0.25) is 0 Å². The molecule has 1 unspecified atom stereocenters. The molecule has 0 spiro atoms. The molecule has 0 radical (unpaired) electrons. The third-order valence-corrected chi connectivity index (χ3v) is 4.04. The molecule has 3 rings (SSSR count). The summed E-state index contributed by atoms with van der Waals surface area (Å²) in [5, 5.41) is 26.8. The number of piperidine rings is 1. The van der Waals surface area contributed by atoms with E-state index in [1.165, 1.54) is 25.2 Å². The fraction of sp³-hybridized carbons (Fsp3) is 0.471. The molecule has 0 bridgehead atoms. The lowest BCUT2D eigenvalue weighted by molar-refractivity contribution is 0.290. The van der Waals surface area contributed by atoms with Crippen LogP contribution in [0.15, 0.2) is 18.5 Å². The van der Waals surface area contributed by atoms with E-state index in [0.717, 1.165) is 25.3 Å². The molecule has 9 nitrogen and oxygen atoms in total. The molecule has 2 aromatic heterocycles. The fourth-order valence-electron chi connectivity index (χ4n) is 2.67. The van der Waals surface area contributed by atoms with Crippen LogP contribution in [-0.4, -0.2) is 52.4 Å². The number of hydrogen-bond acceptors (Lipinski definition) is 9. The van der Waals surface area contributed by atoms with Crippen LogP contribution in [0.5, 0.6) is 5.75 Å². The van der Waals surface area contributed by atoms with E-state index in [4.69, 9.17) is 10.00 Å². The van der Waals surface area contributed by atoms with Gasteiger partial charge in [0.05, 0.1) is 12.4 Å². The van der Waals surface area contributed by atoms with Crippen molar-refractivity contribution >= 4 is 11.6 Å². The molecule has 3 heterocycles. The maximum absolute atomic E-state index is 8.75. The third-order valence-electron chi connectivity index (χ3n) is 4.04. The molecule has 2 aromatic rings. The average molecular weight is 354 g/mol. The Bertz CT molecular complexity index is 752. The van der Waals surface area contributed by atoms with Crippen LogP contribution in [0.2, 0.25) is 0 Å². The first-order chi connectivity index (χ1) is 12.7. The van der Waals surface area contributed by atoms with E-state index in [9.17, 15) is 0 Å². The molecule has 1 atom stereocenters. The molecule has 9 heteroatoms. The van der Waals surface area contributed by atoms with Gasteiger partial charge in [-0.2, -0.15) is 5.26 Å². The van der Waals surface area contributed by atoms with E-state index in [1.54, 1.807) is 6.07 Å². The highest BCUT2D eigenvalue weighted by atomic mass is 16.5. The Balaban J connectivity index is 1.52. The number of aryl methyl sites for hydroxylation is 1. The number of nitrogens with one attached hydrogen (secondary N) is 3. The quantitative estimate of drug-likeness (QED) is 0.623. The minimum absolute atomic E-state index is 0.259. The number of hydrogen-bond donors (Lipinski definition) is 3. The molecule has 26 heavy (non-hydrogen) atoms. The number of aromatic nitrogens is 4. The standard InChI is InChI=1S/C17H22N8O/c1-12-15(26-6-5-20-13-3-2-4-19-9-13)7-16(25-24-12)23-17-11-21-14(8-18)10-22-17/h7,10-11,13,19-20H,2-6,9H2,1H3,(H,22,23,25). The van der Waals surface area contributed by atoms with E-state index in [0.29, 0.717) is 30.0 Å². The predicted molar refractivity (Wildman–Crippen MR) is 96.2 cm³/mol. The second-order valence-corrected chi connectivity index (χ2v) is 6.05. The highest BCUT2D eigenvalue weighted by Gasteiger charge is 2.12. The van der Waals surface area contributed by atoms with Crippen molar-refractivity contribution in [3.8, 4) is 11.8 Å². The molecule has 0 amide bonds. The van der Waals surface area contributed by atoms with Crippen molar-refractivity contribution < 1.29 is 4.74 Å². The smallest absolute Gasteiger partial charge is 0.158 e. The third kappa shape index (κ3) is 5.08. The minimum atomic E-state index is 0.259. The summed E-state index contributed by atoms with van der Waals surface area (Å²) in [5.41, 5.74) is 0.982. The van der Waals surface area contributed by atoms with Crippen LogP contribution < -0.4 is 20.7 Å². The molecule has 0 aliphatic carbocycles. The zero-order valence-corrected chi connectivity index (χ0v) is 14.7. The van der Waals surface area contributed by atoms with Gasteiger partial charge in [-0.15, -0.1) is 10.2 Å². The fourth-order valence-corrected chi connectivity index (χ4v) is 2.67. The van der Waals surface area contributed by atoms with Gasteiger partial charge in [0, 0.05) is 25.2 Å². The lowest BCUT2D eigenvalue weighted by atomic mass is 10.1. The van der Waals surface area contributed by atoms with Gasteiger partial charge in [0.15, 0.2) is 11.5 Å². The van der Waals surface area contributed by atoms with Crippen LogP contribution in [-0.2, 0) is 0 Å². The second kappa shape index (κ2) is 9.03. The minimum Gasteiger partial charge on any atom is -0.490 e. The number of rotatable bonds is 7. The Morgan fingerprint density at radius 1 is 1.31 bits per heavy atom. The van der Waals surface area contributed by atoms with E-state index in [2.05, 4.69) is 36.1 Å². The van der Waals surface area contributed by atoms with Gasteiger partial charge in [-0.25, -0.2) is 9.97 Å². The summed E-state index contributed by atoms with van der Waals surface area (Å²) in [6.07, 6.45) is 5.28. The number of ether oxygens (including phenoxy) is 1. The summed E-state index contributed by atoms with van der Waals surface area (Å²) < 4.78 is 5.84. The lowest BCUT2D eigenvalue weighted by Crippen LogP contribution is -2.44. The predicted octanol–water partition coefficient (Wildman–Crippen LogP) is 0.911. The largest absolute Gasteiger partial charge is 0.490 e. The van der Waals surface area contributed by atoms with Gasteiger partial charge < -0.3 is 20.7 Å². The number of nitriles is 1. The first-order valence-electron chi connectivity index (χ1n) is 8.65. The van der Waals surface area contributed by atoms with Gasteiger partial charge >= 0.3 is 0 Å². The Morgan fingerprint density at radius 3 is 2.96 bits per heavy atom. The summed E-state index contributed by atoms with van der Waals surface area (Å²) in [6.45, 7) is 5.30. The molecule has 136 valence electrons. The summed E-state index contributed by atoms with van der Waals surface area (Å²) in [5.74, 6) is 1.67. The van der Waals surface area contributed by atoms with E-state index >= 15 is 0 Å². The molecule has 1 fully saturated rings. The van der Waals surface area contributed by atoms with Crippen LogP contribution in [0.3, 0.4) is 0 Å². The van der Waals surface area contributed by atoms with Crippen molar-refractivity contribution in [1.29, 1.82) is 5.26 Å². The van der Waals surface area contributed by atoms with Crippen molar-refractivity contribution in [2.45, 2.75) is 25.8 Å². The van der Waals surface area contributed by atoms with Crippen LogP contribution in [0.25, 0.3) is 0 Å². The maximum atomic E-state index is 8.75. The SMILES string of the molecule is Cc1nnc(Nc2cnc(C#N)cn2)cc1OCCNC1CCCNC1. The summed E-state index contributed by atoms with van der Waals surface area (Å²) in [4.78, 5) is 8.06. The topological polar surface area (TPSA) is 121 Å². The second-order valence-electron chi connectivity index (χ2n) is 6.05. The molecular formula is C17H22N8O. The molecular weight excluding hydrogens is 332 g/mol. The molecule has 1 aliphatic heterocycles. The first-order valence-corrected chi connectivity index (χ1v) is 8.65. The normalized spacial score (nSPS) is 16.7. The van der Waals surface area contributed by atoms with Crippen molar-refractivity contribution in [3.63, 3.8) is 0 Å². The van der Waals surface area contributed by atoms with E-state index in [-0.39, 0.29) is 5.69 Å². The first kappa shape index (κ1) is 18.0. The van der Waals surface area contributed by atoms with Crippen molar-refractivity contribution in [3.05, 3.63) is 29.8 Å². The van der Waals surface area contributed by atoms with Crippen molar-refractivity contribution in [2.24, 2.45) is 0 Å². The zero-order valence-electron chi connectivity index (χ0n) is 14.7. The average Bonchev–Trinajstić information content (AvgIpc) is 2.69. The van der Waals surface area contributed by atoms with Crippen molar-refractivity contribution in [2.75, 3.05) is 31.6 Å². The van der Waals surface area contributed by atoms with Gasteiger partial charge in [0.25, 0.3) is 0 Å². The van der Waals surface area contributed by atoms with Gasteiger partial charge in [0.2, 0.25) is 0 Å². The molecule has 0 aromatic carbocycles. The summed E-state index contributed by atoms with van der Waals surface area (Å²) in [6, 6.07) is 4.22. The number of anilines is 2. The highest BCUT2D eigenvalue weighted by Crippen LogP contribution is 2.20. The van der Waals surface area contributed by atoms with Crippen LogP contribution >= 0.6 is 0 Å². The Labute approximate surface area is 152 Å². The Morgan fingerprint density at radius 2 is 2.23 bits per heavy atom. The van der Waals surface area contributed by atoms with Crippen LogP contribution in [0.1, 0.15) is 24.2 Å². The van der Waals surface area contributed by atoms with E-state index < -0.39 is 0 Å². The highest BCUT2D eigenvalue weighted by molar-refractivity contribution is 5.52. The molecule has 0 saturated carbocycles.